The van der Waals surface area contributed by atoms with Gasteiger partial charge in [-0.2, -0.15) is 0 Å². The predicted octanol–water partition coefficient (Wildman–Crippen LogP) is 1.47. The smallest absolute Gasteiger partial charge is 0.352 e. The zero-order valence-electron chi connectivity index (χ0n) is 18.1. The molecule has 0 radical (unpaired) electrons. The third-order valence-electron chi connectivity index (χ3n) is 7.45. The van der Waals surface area contributed by atoms with Gasteiger partial charge in [0.1, 0.15) is 5.76 Å². The van der Waals surface area contributed by atoms with Crippen LogP contribution in [-0.4, -0.2) is 66.5 Å². The number of carbonyl (C=O) groups is 2. The van der Waals surface area contributed by atoms with Crippen LogP contribution in [0.2, 0.25) is 0 Å². The van der Waals surface area contributed by atoms with Gasteiger partial charge in [-0.05, 0) is 51.1 Å². The summed E-state index contributed by atoms with van der Waals surface area (Å²) in [5.74, 6) is 0.335. The lowest BCUT2D eigenvalue weighted by Crippen LogP contribution is -2.74. The van der Waals surface area contributed by atoms with E-state index in [0.29, 0.717) is 36.5 Å². The Morgan fingerprint density at radius 1 is 1.35 bits per heavy atom. The predicted molar refractivity (Wildman–Crippen MR) is 109 cm³/mol. The highest BCUT2D eigenvalue weighted by Crippen LogP contribution is 2.65. The van der Waals surface area contributed by atoms with E-state index in [2.05, 4.69) is 4.90 Å². The maximum absolute atomic E-state index is 12.6. The van der Waals surface area contributed by atoms with Gasteiger partial charge in [-0.15, -0.1) is 0 Å². The Morgan fingerprint density at radius 3 is 2.84 bits per heavy atom. The molecule has 2 bridgehead atoms. The van der Waals surface area contributed by atoms with Crippen molar-refractivity contribution in [1.29, 1.82) is 0 Å². The van der Waals surface area contributed by atoms with Crippen LogP contribution >= 0.6 is 0 Å². The number of benzene rings is 1. The molecule has 5 rings (SSSR count). The monoisotopic (exact) mass is 429 g/mol. The standard InChI is InChI=1S/C23H27NO7/c1-12(29-13(2)25)21(26)30-16-7-8-23(27)17-11-14-5-6-15(28-4)19-18(14)22(23,20(16)31-19)9-10-24(17)3/h5-7,12,17,20,27H,8-11H2,1-4H3/t12?,17-,20+,22+,23-/m1/s1. The molecule has 8 nitrogen and oxygen atoms in total. The Bertz CT molecular complexity index is 1000. The highest BCUT2D eigenvalue weighted by molar-refractivity contribution is 5.79. The van der Waals surface area contributed by atoms with Crippen molar-refractivity contribution in [2.24, 2.45) is 0 Å². The van der Waals surface area contributed by atoms with Crippen molar-refractivity contribution >= 4 is 11.9 Å². The Hall–Kier alpha value is -2.58. The van der Waals surface area contributed by atoms with Crippen LogP contribution in [0.3, 0.4) is 0 Å². The fraction of sp³-hybridized carbons (Fsp3) is 0.565. The van der Waals surface area contributed by atoms with Gasteiger partial charge in [0.15, 0.2) is 23.7 Å². The lowest BCUT2D eigenvalue weighted by atomic mass is 9.50. The fourth-order valence-corrected chi connectivity index (χ4v) is 6.08. The van der Waals surface area contributed by atoms with Gasteiger partial charge in [-0.3, -0.25) is 4.79 Å². The first kappa shape index (κ1) is 20.3. The molecule has 1 fully saturated rings. The molecule has 31 heavy (non-hydrogen) atoms. The zero-order chi connectivity index (χ0) is 22.1. The van der Waals surface area contributed by atoms with Gasteiger partial charge in [0.2, 0.25) is 0 Å². The van der Waals surface area contributed by atoms with Crippen LogP contribution in [0.25, 0.3) is 0 Å². The van der Waals surface area contributed by atoms with Gasteiger partial charge < -0.3 is 29.0 Å². The summed E-state index contributed by atoms with van der Waals surface area (Å²) in [6.07, 6.45) is 1.74. The number of esters is 2. The van der Waals surface area contributed by atoms with E-state index in [0.717, 1.165) is 17.7 Å². The number of nitrogens with zero attached hydrogens (tertiary/aromatic N) is 1. The van der Waals surface area contributed by atoms with Crippen LogP contribution in [0.1, 0.15) is 37.8 Å². The maximum atomic E-state index is 12.6. The third-order valence-corrected chi connectivity index (χ3v) is 7.45. The molecule has 1 unspecified atom stereocenters. The summed E-state index contributed by atoms with van der Waals surface area (Å²) >= 11 is 0. The minimum Gasteiger partial charge on any atom is -0.493 e. The molecule has 0 amide bonds. The minimum atomic E-state index is -1.06. The van der Waals surface area contributed by atoms with Crippen LogP contribution in [-0.2, 0) is 30.9 Å². The normalized spacial score (nSPS) is 33.5. The summed E-state index contributed by atoms with van der Waals surface area (Å²) in [6.45, 7) is 3.50. The van der Waals surface area contributed by atoms with E-state index in [4.69, 9.17) is 18.9 Å². The van der Waals surface area contributed by atoms with E-state index in [1.54, 1.807) is 13.2 Å². The number of likely N-dealkylation sites (tertiary alicyclic amines) is 1. The SMILES string of the molecule is COc1ccc2c3c1O[C@H]1C(OC(=O)C(C)OC(C)=O)=CC[C@@]4(O)[C@@H](C2)N(C)CC[C@]314. The second-order valence-corrected chi connectivity index (χ2v) is 8.96. The molecule has 1 aromatic carbocycles. The van der Waals surface area contributed by atoms with Crippen molar-refractivity contribution in [2.75, 3.05) is 20.7 Å². The van der Waals surface area contributed by atoms with E-state index in [1.165, 1.54) is 13.8 Å². The molecule has 166 valence electrons. The number of ether oxygens (including phenoxy) is 4. The summed E-state index contributed by atoms with van der Waals surface area (Å²) in [5.41, 5.74) is 0.294. The number of methoxy groups -OCH3 is 1. The number of carbonyl (C=O) groups excluding carboxylic acids is 2. The Labute approximate surface area is 180 Å². The van der Waals surface area contributed by atoms with Crippen molar-refractivity contribution in [3.05, 3.63) is 35.1 Å². The summed E-state index contributed by atoms with van der Waals surface area (Å²) < 4.78 is 22.6. The zero-order valence-corrected chi connectivity index (χ0v) is 18.1. The van der Waals surface area contributed by atoms with E-state index in [9.17, 15) is 14.7 Å². The first-order valence-corrected chi connectivity index (χ1v) is 10.6. The summed E-state index contributed by atoms with van der Waals surface area (Å²) in [5, 5.41) is 12.1. The van der Waals surface area contributed by atoms with E-state index in [-0.39, 0.29) is 6.04 Å². The van der Waals surface area contributed by atoms with Crippen LogP contribution in [0.5, 0.6) is 11.5 Å². The molecule has 5 atom stereocenters. The highest BCUT2D eigenvalue weighted by atomic mass is 16.6. The molecule has 0 aromatic heterocycles. The average Bonchev–Trinajstić information content (AvgIpc) is 3.07. The molecular weight excluding hydrogens is 402 g/mol. The molecular formula is C23H27NO7. The third kappa shape index (κ3) is 2.55. The second-order valence-electron chi connectivity index (χ2n) is 8.96. The molecule has 4 aliphatic rings. The van der Waals surface area contributed by atoms with Gasteiger partial charge in [-0.1, -0.05) is 6.07 Å². The number of aliphatic hydroxyl groups is 1. The molecule has 2 heterocycles. The van der Waals surface area contributed by atoms with Gasteiger partial charge in [0, 0.05) is 24.9 Å². The van der Waals surface area contributed by atoms with Crippen LogP contribution < -0.4 is 9.47 Å². The molecule has 8 heteroatoms. The number of hydrogen-bond donors (Lipinski definition) is 1. The first-order chi connectivity index (χ1) is 14.7. The highest BCUT2D eigenvalue weighted by Gasteiger charge is 2.72. The summed E-state index contributed by atoms with van der Waals surface area (Å²) in [7, 11) is 3.63. The number of rotatable bonds is 4. The Kier molecular flexibility index (Phi) is 4.40. The molecule has 1 N–H and O–H groups in total. The quantitative estimate of drug-likeness (QED) is 0.719. The molecule has 2 aliphatic heterocycles. The number of hydrogen-bond acceptors (Lipinski definition) is 8. The van der Waals surface area contributed by atoms with Crippen LogP contribution in [0.4, 0.5) is 0 Å². The van der Waals surface area contributed by atoms with E-state index >= 15 is 0 Å². The van der Waals surface area contributed by atoms with Gasteiger partial charge in [0.25, 0.3) is 0 Å². The lowest BCUT2D eigenvalue weighted by molar-refractivity contribution is -0.175. The van der Waals surface area contributed by atoms with Crippen molar-refractivity contribution in [1.82, 2.24) is 4.90 Å². The summed E-state index contributed by atoms with van der Waals surface area (Å²) in [4.78, 5) is 26.0. The largest absolute Gasteiger partial charge is 0.493 e. The molecule has 2 aliphatic carbocycles. The number of likely N-dealkylation sites (N-methyl/N-ethyl adjacent to an activating group) is 1. The minimum absolute atomic E-state index is 0.0762. The second kappa shape index (κ2) is 6.71. The van der Waals surface area contributed by atoms with Crippen molar-refractivity contribution in [2.45, 2.75) is 62.4 Å². The molecule has 1 spiro atoms. The van der Waals surface area contributed by atoms with Crippen LogP contribution in [0.15, 0.2) is 24.0 Å². The molecule has 1 aromatic rings. The van der Waals surface area contributed by atoms with Crippen molar-refractivity contribution in [3.8, 4) is 11.5 Å². The van der Waals surface area contributed by atoms with E-state index < -0.39 is 35.2 Å². The van der Waals surface area contributed by atoms with Crippen molar-refractivity contribution in [3.63, 3.8) is 0 Å². The topological polar surface area (TPSA) is 94.5 Å². The Morgan fingerprint density at radius 2 is 2.13 bits per heavy atom. The molecule has 0 saturated carbocycles. The van der Waals surface area contributed by atoms with Gasteiger partial charge >= 0.3 is 11.9 Å². The number of piperidine rings is 1. The average molecular weight is 429 g/mol. The lowest BCUT2D eigenvalue weighted by Gasteiger charge is -2.61. The van der Waals surface area contributed by atoms with Gasteiger partial charge in [-0.25, -0.2) is 4.79 Å². The maximum Gasteiger partial charge on any atom is 0.352 e. The summed E-state index contributed by atoms with van der Waals surface area (Å²) in [6, 6.07) is 3.86. The molecule has 1 saturated heterocycles. The van der Waals surface area contributed by atoms with Crippen molar-refractivity contribution < 1.29 is 33.6 Å². The van der Waals surface area contributed by atoms with Crippen LogP contribution in [0, 0.1) is 0 Å². The van der Waals surface area contributed by atoms with E-state index in [1.807, 2.05) is 19.2 Å². The first-order valence-electron chi connectivity index (χ1n) is 10.6. The fourth-order valence-electron chi connectivity index (χ4n) is 6.08. The Balaban J connectivity index is 1.61. The van der Waals surface area contributed by atoms with Gasteiger partial charge in [0.05, 0.1) is 18.1 Å².